The van der Waals surface area contributed by atoms with Crippen LogP contribution in [0.25, 0.3) is 11.1 Å². The first kappa shape index (κ1) is 25.1. The van der Waals surface area contributed by atoms with Crippen LogP contribution in [0.5, 0.6) is 17.2 Å². The normalized spacial score (nSPS) is 15.2. The summed E-state index contributed by atoms with van der Waals surface area (Å²) in [5.74, 6) is 2.39. The summed E-state index contributed by atoms with van der Waals surface area (Å²) in [5, 5.41) is 6.12. The van der Waals surface area contributed by atoms with Gasteiger partial charge in [-0.2, -0.15) is 11.8 Å². The highest BCUT2D eigenvalue weighted by molar-refractivity contribution is 7.98. The van der Waals surface area contributed by atoms with Gasteiger partial charge in [0.25, 0.3) is 0 Å². The molecule has 178 valence electrons. The lowest BCUT2D eigenvalue weighted by Gasteiger charge is -2.19. The minimum Gasteiger partial charge on any atom is -0.497 e. The molecule has 33 heavy (non-hydrogen) atoms. The summed E-state index contributed by atoms with van der Waals surface area (Å²) in [6.45, 7) is 1.73. The van der Waals surface area contributed by atoms with E-state index in [9.17, 15) is 9.59 Å². The summed E-state index contributed by atoms with van der Waals surface area (Å²) in [7, 11) is 3.24. The van der Waals surface area contributed by atoms with Gasteiger partial charge in [-0.3, -0.25) is 9.59 Å². The highest BCUT2D eigenvalue weighted by Gasteiger charge is 2.28. The SMILES string of the molecule is COc1ccc(OC)c(-c2cc(Cl)c3c(c2)CC(CNC(=O)[C@H](CCSC)NC(C)=O)O3)c1. The molecule has 0 spiro atoms. The van der Waals surface area contributed by atoms with Crippen LogP contribution < -0.4 is 24.8 Å². The van der Waals surface area contributed by atoms with E-state index in [0.717, 1.165) is 28.2 Å². The number of nitrogens with one attached hydrogen (secondary N) is 2. The zero-order valence-electron chi connectivity index (χ0n) is 19.2. The lowest BCUT2D eigenvalue weighted by Crippen LogP contribution is -2.48. The quantitative estimate of drug-likeness (QED) is 0.526. The summed E-state index contributed by atoms with van der Waals surface area (Å²) in [6.07, 6.45) is 2.88. The van der Waals surface area contributed by atoms with Crippen LogP contribution in [-0.4, -0.2) is 56.7 Å². The molecule has 0 saturated heterocycles. The highest BCUT2D eigenvalue weighted by Crippen LogP contribution is 2.42. The van der Waals surface area contributed by atoms with Gasteiger partial charge in [0.15, 0.2) is 0 Å². The molecule has 0 radical (unpaired) electrons. The Hall–Kier alpha value is -2.58. The van der Waals surface area contributed by atoms with Gasteiger partial charge < -0.3 is 24.8 Å². The van der Waals surface area contributed by atoms with Gasteiger partial charge in [-0.25, -0.2) is 0 Å². The summed E-state index contributed by atoms with van der Waals surface area (Å²) in [6, 6.07) is 8.90. The van der Waals surface area contributed by atoms with E-state index in [1.165, 1.54) is 6.92 Å². The number of hydrogen-bond acceptors (Lipinski definition) is 6. The highest BCUT2D eigenvalue weighted by atomic mass is 35.5. The van der Waals surface area contributed by atoms with Crippen molar-refractivity contribution >= 4 is 35.2 Å². The maximum atomic E-state index is 12.6. The molecule has 2 atom stereocenters. The first-order valence-corrected chi connectivity index (χ1v) is 12.4. The molecule has 1 unspecified atom stereocenters. The number of rotatable bonds is 10. The molecule has 2 N–H and O–H groups in total. The second-order valence-electron chi connectivity index (χ2n) is 7.74. The molecule has 2 amide bonds. The Balaban J connectivity index is 1.71. The van der Waals surface area contributed by atoms with E-state index >= 15 is 0 Å². The van der Waals surface area contributed by atoms with Crippen LogP contribution in [0.1, 0.15) is 18.9 Å². The van der Waals surface area contributed by atoms with E-state index < -0.39 is 6.04 Å². The third-order valence-electron chi connectivity index (χ3n) is 5.38. The maximum Gasteiger partial charge on any atom is 0.242 e. The summed E-state index contributed by atoms with van der Waals surface area (Å²) < 4.78 is 16.9. The third-order valence-corrected chi connectivity index (χ3v) is 6.30. The van der Waals surface area contributed by atoms with E-state index in [2.05, 4.69) is 10.6 Å². The first-order valence-electron chi connectivity index (χ1n) is 10.6. The lowest BCUT2D eigenvalue weighted by molar-refractivity contribution is -0.128. The monoisotopic (exact) mass is 492 g/mol. The second kappa shape index (κ2) is 11.5. The van der Waals surface area contributed by atoms with Crippen molar-refractivity contribution in [3.63, 3.8) is 0 Å². The predicted octanol–water partition coefficient (Wildman–Crippen LogP) is 3.70. The van der Waals surface area contributed by atoms with E-state index in [4.69, 9.17) is 25.8 Å². The van der Waals surface area contributed by atoms with Gasteiger partial charge in [-0.1, -0.05) is 11.6 Å². The standard InChI is InChI=1S/C24H29ClN2O5S/c1-14(28)27-21(7-8-33-4)24(29)26-13-18-10-16-9-15(11-20(25)23(16)32-18)19-12-17(30-2)5-6-22(19)31-3/h5-6,9,11-12,18,21H,7-8,10,13H2,1-4H3,(H,26,29)(H,27,28)/t18?,21-/m0/s1. The Bertz CT molecular complexity index is 1020. The first-order chi connectivity index (χ1) is 15.9. The Labute approximate surface area is 203 Å². The van der Waals surface area contributed by atoms with Crippen molar-refractivity contribution in [1.82, 2.24) is 10.6 Å². The largest absolute Gasteiger partial charge is 0.497 e. The number of halogens is 1. The number of fused-ring (bicyclic) bond motifs is 1. The van der Waals surface area contributed by atoms with Crippen molar-refractivity contribution in [2.45, 2.75) is 31.9 Å². The molecule has 0 bridgehead atoms. The van der Waals surface area contributed by atoms with Crippen LogP contribution >= 0.6 is 23.4 Å². The zero-order chi connectivity index (χ0) is 24.0. The minimum absolute atomic E-state index is 0.216. The smallest absolute Gasteiger partial charge is 0.242 e. The topological polar surface area (TPSA) is 85.9 Å². The minimum atomic E-state index is -0.561. The number of carbonyl (C=O) groups excluding carboxylic acids is 2. The Kier molecular flexibility index (Phi) is 8.74. The van der Waals surface area contributed by atoms with Crippen molar-refractivity contribution in [3.8, 4) is 28.4 Å². The van der Waals surface area contributed by atoms with Crippen molar-refractivity contribution in [2.75, 3.05) is 32.8 Å². The van der Waals surface area contributed by atoms with Crippen molar-refractivity contribution < 1.29 is 23.8 Å². The molecular weight excluding hydrogens is 464 g/mol. The fourth-order valence-corrected chi connectivity index (χ4v) is 4.54. The molecule has 2 aromatic carbocycles. The number of benzene rings is 2. The molecule has 1 aliphatic rings. The predicted molar refractivity (Wildman–Crippen MR) is 132 cm³/mol. The number of ether oxygens (including phenoxy) is 3. The van der Waals surface area contributed by atoms with Gasteiger partial charge in [-0.05, 0) is 54.3 Å². The average molecular weight is 493 g/mol. The molecule has 0 saturated carbocycles. The van der Waals surface area contributed by atoms with E-state index in [1.807, 2.05) is 36.6 Å². The molecule has 0 aliphatic carbocycles. The van der Waals surface area contributed by atoms with Crippen molar-refractivity contribution in [3.05, 3.63) is 40.9 Å². The maximum absolute atomic E-state index is 12.6. The third kappa shape index (κ3) is 6.26. The van der Waals surface area contributed by atoms with Crippen molar-refractivity contribution in [1.29, 1.82) is 0 Å². The molecule has 0 aromatic heterocycles. The Morgan fingerprint density at radius 1 is 1.24 bits per heavy atom. The molecule has 0 fully saturated rings. The molecule has 3 rings (SSSR count). The molecule has 7 nitrogen and oxygen atoms in total. The number of hydrogen-bond donors (Lipinski definition) is 2. The van der Waals surface area contributed by atoms with Gasteiger partial charge in [0.2, 0.25) is 11.8 Å². The van der Waals surface area contributed by atoms with Gasteiger partial charge in [0, 0.05) is 24.5 Å². The van der Waals surface area contributed by atoms with Crippen LogP contribution in [-0.2, 0) is 16.0 Å². The van der Waals surface area contributed by atoms with E-state index in [0.29, 0.717) is 35.9 Å². The zero-order valence-corrected chi connectivity index (χ0v) is 20.8. The van der Waals surface area contributed by atoms with Crippen LogP contribution in [0, 0.1) is 0 Å². The van der Waals surface area contributed by atoms with Gasteiger partial charge >= 0.3 is 0 Å². The average Bonchev–Trinajstić information content (AvgIpc) is 3.23. The van der Waals surface area contributed by atoms with Crippen LogP contribution in [0.3, 0.4) is 0 Å². The molecule has 1 heterocycles. The van der Waals surface area contributed by atoms with Gasteiger partial charge in [0.1, 0.15) is 29.4 Å². The molecular formula is C24H29ClN2O5S. The number of methoxy groups -OCH3 is 2. The summed E-state index contributed by atoms with van der Waals surface area (Å²) in [4.78, 5) is 24.1. The second-order valence-corrected chi connectivity index (χ2v) is 9.13. The van der Waals surface area contributed by atoms with E-state index in [-0.39, 0.29) is 17.9 Å². The molecule has 9 heteroatoms. The van der Waals surface area contributed by atoms with Crippen LogP contribution in [0.2, 0.25) is 5.02 Å². The van der Waals surface area contributed by atoms with Crippen LogP contribution in [0.15, 0.2) is 30.3 Å². The van der Waals surface area contributed by atoms with Crippen molar-refractivity contribution in [2.24, 2.45) is 0 Å². The molecule has 2 aromatic rings. The van der Waals surface area contributed by atoms with Crippen LogP contribution in [0.4, 0.5) is 0 Å². The number of amides is 2. The fraction of sp³-hybridized carbons (Fsp3) is 0.417. The van der Waals surface area contributed by atoms with Gasteiger partial charge in [-0.15, -0.1) is 0 Å². The number of thioether (sulfide) groups is 1. The Morgan fingerprint density at radius 3 is 2.70 bits per heavy atom. The number of carbonyl (C=O) groups is 2. The molecule has 1 aliphatic heterocycles. The fourth-order valence-electron chi connectivity index (χ4n) is 3.78. The van der Waals surface area contributed by atoms with Gasteiger partial charge in [0.05, 0.1) is 25.8 Å². The lowest BCUT2D eigenvalue weighted by atomic mass is 9.99. The summed E-state index contributed by atoms with van der Waals surface area (Å²) >= 11 is 8.18. The Morgan fingerprint density at radius 2 is 2.03 bits per heavy atom. The summed E-state index contributed by atoms with van der Waals surface area (Å²) in [5.41, 5.74) is 2.72. The van der Waals surface area contributed by atoms with E-state index in [1.54, 1.807) is 26.0 Å².